The number of carbonyl (C=O) groups is 2. The van der Waals surface area contributed by atoms with E-state index in [4.69, 9.17) is 4.74 Å². The van der Waals surface area contributed by atoms with Crippen LogP contribution in [0, 0.1) is 11.5 Å². The van der Waals surface area contributed by atoms with Crippen molar-refractivity contribution in [3.8, 4) is 6.19 Å². The molecular formula is C22H28N4O3. The van der Waals surface area contributed by atoms with Gasteiger partial charge in [0.2, 0.25) is 0 Å². The van der Waals surface area contributed by atoms with Crippen LogP contribution in [-0.2, 0) is 17.7 Å². The molecule has 1 aromatic carbocycles. The van der Waals surface area contributed by atoms with Crippen molar-refractivity contribution in [3.05, 3.63) is 34.9 Å². The molecule has 3 aliphatic rings. The molecule has 7 heteroatoms. The van der Waals surface area contributed by atoms with Crippen molar-refractivity contribution >= 4 is 12.0 Å². The zero-order valence-electron chi connectivity index (χ0n) is 17.3. The van der Waals surface area contributed by atoms with Crippen molar-refractivity contribution in [2.45, 2.75) is 76.7 Å². The number of carbonyl (C=O) groups excluding carboxylic acids is 2. The van der Waals surface area contributed by atoms with Crippen LogP contribution in [0.15, 0.2) is 18.2 Å². The highest BCUT2D eigenvalue weighted by atomic mass is 16.6. The number of rotatable bonds is 2. The number of benzene rings is 1. The van der Waals surface area contributed by atoms with Gasteiger partial charge >= 0.3 is 6.09 Å². The van der Waals surface area contributed by atoms with Gasteiger partial charge < -0.3 is 19.9 Å². The molecule has 3 unspecified atom stereocenters. The standard InChI is InChI=1S/C22H28N4O3/c1-22(2,3)29-21(28)25-9-8-14-10-15(4-5-16(14)12-25)20(27)24-18-11-17-6-7-19(18)26(17)13-23/h4-5,10,17-19H,6-9,11-12H2,1-3H3,(H,24,27). The van der Waals surface area contributed by atoms with Gasteiger partial charge in [-0.25, -0.2) is 4.79 Å². The highest BCUT2D eigenvalue weighted by Crippen LogP contribution is 2.37. The van der Waals surface area contributed by atoms with Crippen molar-refractivity contribution < 1.29 is 14.3 Å². The number of nitrogens with one attached hydrogen (secondary N) is 1. The van der Waals surface area contributed by atoms with Gasteiger partial charge in [-0.1, -0.05) is 6.07 Å². The Kier molecular flexibility index (Phi) is 4.89. The second kappa shape index (κ2) is 7.25. The van der Waals surface area contributed by atoms with Crippen molar-refractivity contribution in [2.24, 2.45) is 0 Å². The summed E-state index contributed by atoms with van der Waals surface area (Å²) in [6.07, 6.45) is 5.53. The molecule has 0 saturated carbocycles. The molecule has 1 aromatic rings. The maximum absolute atomic E-state index is 12.8. The van der Waals surface area contributed by atoms with E-state index in [1.165, 1.54) is 0 Å². The van der Waals surface area contributed by atoms with E-state index in [-0.39, 0.29) is 30.1 Å². The molecule has 2 amide bonds. The first kappa shape index (κ1) is 19.6. The molecule has 0 aromatic heterocycles. The monoisotopic (exact) mass is 396 g/mol. The van der Waals surface area contributed by atoms with Crippen molar-refractivity contribution in [1.82, 2.24) is 15.1 Å². The Morgan fingerprint density at radius 2 is 2.03 bits per heavy atom. The number of hydrogen-bond donors (Lipinski definition) is 1. The maximum atomic E-state index is 12.8. The average Bonchev–Trinajstić information content (AvgIpc) is 3.22. The second-order valence-electron chi connectivity index (χ2n) is 9.26. The van der Waals surface area contributed by atoms with E-state index in [1.807, 2.05) is 43.9 Å². The van der Waals surface area contributed by atoms with E-state index < -0.39 is 5.60 Å². The van der Waals surface area contributed by atoms with Crippen molar-refractivity contribution in [1.29, 1.82) is 5.26 Å². The fraction of sp³-hybridized carbons (Fsp3) is 0.591. The molecule has 2 bridgehead atoms. The summed E-state index contributed by atoms with van der Waals surface area (Å²) in [4.78, 5) is 28.7. The van der Waals surface area contributed by atoms with Gasteiger partial charge in [0.15, 0.2) is 6.19 Å². The lowest BCUT2D eigenvalue weighted by molar-refractivity contribution is 0.0223. The van der Waals surface area contributed by atoms with Crippen LogP contribution >= 0.6 is 0 Å². The molecule has 29 heavy (non-hydrogen) atoms. The highest BCUT2D eigenvalue weighted by molar-refractivity contribution is 5.94. The third-order valence-corrected chi connectivity index (χ3v) is 6.10. The Hall–Kier alpha value is -2.75. The lowest BCUT2D eigenvalue weighted by Gasteiger charge is -2.31. The van der Waals surface area contributed by atoms with Gasteiger partial charge in [-0.2, -0.15) is 5.26 Å². The predicted octanol–water partition coefficient (Wildman–Crippen LogP) is 2.80. The number of nitriles is 1. The molecule has 2 fully saturated rings. The van der Waals surface area contributed by atoms with E-state index >= 15 is 0 Å². The Bertz CT molecular complexity index is 870. The molecule has 0 aliphatic carbocycles. The zero-order chi connectivity index (χ0) is 20.8. The van der Waals surface area contributed by atoms with Crippen LogP contribution in [0.2, 0.25) is 0 Å². The smallest absolute Gasteiger partial charge is 0.410 e. The Labute approximate surface area is 171 Å². The number of fused-ring (bicyclic) bond motifs is 3. The molecular weight excluding hydrogens is 368 g/mol. The topological polar surface area (TPSA) is 85.7 Å². The minimum absolute atomic E-state index is 0.0413. The lowest BCUT2D eigenvalue weighted by Crippen LogP contribution is -2.43. The number of hydrogen-bond acceptors (Lipinski definition) is 5. The van der Waals surface area contributed by atoms with Gasteiger partial charge in [0.05, 0.1) is 12.1 Å². The van der Waals surface area contributed by atoms with E-state index in [2.05, 4.69) is 11.5 Å². The average molecular weight is 396 g/mol. The van der Waals surface area contributed by atoms with Gasteiger partial charge in [0, 0.05) is 24.7 Å². The molecule has 4 rings (SSSR count). The Balaban J connectivity index is 1.40. The van der Waals surface area contributed by atoms with Gasteiger partial charge in [-0.3, -0.25) is 4.79 Å². The van der Waals surface area contributed by atoms with Crippen molar-refractivity contribution in [2.75, 3.05) is 6.54 Å². The van der Waals surface area contributed by atoms with Gasteiger partial charge in [-0.15, -0.1) is 0 Å². The SMILES string of the molecule is CC(C)(C)OC(=O)N1CCc2cc(C(=O)NC3CC4CCC3N4C#N)ccc2C1. The number of nitrogens with zero attached hydrogens (tertiary/aromatic N) is 3. The number of ether oxygens (including phenoxy) is 1. The summed E-state index contributed by atoms with van der Waals surface area (Å²) in [5, 5.41) is 12.4. The lowest BCUT2D eigenvalue weighted by atomic mass is 9.94. The molecule has 3 aliphatic heterocycles. The minimum Gasteiger partial charge on any atom is -0.444 e. The van der Waals surface area contributed by atoms with Crippen LogP contribution in [0.1, 0.15) is 61.5 Å². The minimum atomic E-state index is -0.514. The third-order valence-electron chi connectivity index (χ3n) is 6.10. The van der Waals surface area contributed by atoms with Crippen LogP contribution in [0.4, 0.5) is 4.79 Å². The van der Waals surface area contributed by atoms with Gasteiger partial charge in [0.1, 0.15) is 5.60 Å². The molecule has 2 saturated heterocycles. The van der Waals surface area contributed by atoms with Crippen LogP contribution in [0.25, 0.3) is 0 Å². The summed E-state index contributed by atoms with van der Waals surface area (Å²) in [7, 11) is 0. The van der Waals surface area contributed by atoms with E-state index in [0.29, 0.717) is 25.1 Å². The second-order valence-corrected chi connectivity index (χ2v) is 9.26. The summed E-state index contributed by atoms with van der Waals surface area (Å²) < 4.78 is 5.47. The highest BCUT2D eigenvalue weighted by Gasteiger charge is 2.46. The van der Waals surface area contributed by atoms with E-state index in [1.54, 1.807) is 4.90 Å². The largest absolute Gasteiger partial charge is 0.444 e. The van der Waals surface area contributed by atoms with Gasteiger partial charge in [-0.05, 0) is 69.7 Å². The fourth-order valence-corrected chi connectivity index (χ4v) is 4.73. The molecule has 7 nitrogen and oxygen atoms in total. The molecule has 1 N–H and O–H groups in total. The van der Waals surface area contributed by atoms with E-state index in [9.17, 15) is 14.9 Å². The summed E-state index contributed by atoms with van der Waals surface area (Å²) in [6, 6.07) is 6.14. The predicted molar refractivity (Wildman–Crippen MR) is 107 cm³/mol. The molecule has 3 atom stereocenters. The van der Waals surface area contributed by atoms with Crippen LogP contribution in [-0.4, -0.2) is 52.1 Å². The first-order valence-corrected chi connectivity index (χ1v) is 10.3. The van der Waals surface area contributed by atoms with Crippen LogP contribution < -0.4 is 5.32 Å². The zero-order valence-corrected chi connectivity index (χ0v) is 17.3. The van der Waals surface area contributed by atoms with Crippen molar-refractivity contribution in [3.63, 3.8) is 0 Å². The maximum Gasteiger partial charge on any atom is 0.410 e. The third kappa shape index (κ3) is 3.89. The van der Waals surface area contributed by atoms with Gasteiger partial charge in [0.25, 0.3) is 5.91 Å². The summed E-state index contributed by atoms with van der Waals surface area (Å²) in [6.45, 7) is 6.66. The first-order chi connectivity index (χ1) is 13.7. The molecule has 154 valence electrons. The Morgan fingerprint density at radius 1 is 1.24 bits per heavy atom. The first-order valence-electron chi connectivity index (χ1n) is 10.3. The molecule has 0 radical (unpaired) electrons. The summed E-state index contributed by atoms with van der Waals surface area (Å²) >= 11 is 0. The van der Waals surface area contributed by atoms with Crippen LogP contribution in [0.5, 0.6) is 0 Å². The fourth-order valence-electron chi connectivity index (χ4n) is 4.73. The quantitative estimate of drug-likeness (QED) is 0.777. The van der Waals surface area contributed by atoms with E-state index in [0.717, 1.165) is 30.4 Å². The Morgan fingerprint density at radius 3 is 2.72 bits per heavy atom. The van der Waals surface area contributed by atoms with Crippen LogP contribution in [0.3, 0.4) is 0 Å². The molecule has 3 heterocycles. The summed E-state index contributed by atoms with van der Waals surface area (Å²) in [5.41, 5.74) is 2.28. The molecule has 0 spiro atoms. The normalized spacial score (nSPS) is 25.4. The number of amides is 2. The summed E-state index contributed by atoms with van der Waals surface area (Å²) in [5.74, 6) is -0.0854.